The van der Waals surface area contributed by atoms with E-state index in [4.69, 9.17) is 4.98 Å². The summed E-state index contributed by atoms with van der Waals surface area (Å²) < 4.78 is 0. The molecule has 1 atom stereocenters. The molecule has 1 unspecified atom stereocenters. The van der Waals surface area contributed by atoms with Gasteiger partial charge >= 0.3 is 0 Å². The van der Waals surface area contributed by atoms with Crippen LogP contribution in [0.3, 0.4) is 0 Å². The van der Waals surface area contributed by atoms with Crippen LogP contribution >= 0.6 is 0 Å². The van der Waals surface area contributed by atoms with Crippen LogP contribution in [0.15, 0.2) is 109 Å². The van der Waals surface area contributed by atoms with Crippen molar-refractivity contribution in [3.8, 4) is 11.3 Å². The fraction of sp³-hybridized carbons (Fsp3) is 0.129. The lowest BCUT2D eigenvalue weighted by molar-refractivity contribution is 0.0940. The zero-order valence-corrected chi connectivity index (χ0v) is 19.7. The van der Waals surface area contributed by atoms with Crippen molar-refractivity contribution in [2.75, 3.05) is 0 Å². The van der Waals surface area contributed by atoms with Crippen molar-refractivity contribution in [3.05, 3.63) is 132 Å². The van der Waals surface area contributed by atoms with Gasteiger partial charge < -0.3 is 5.32 Å². The van der Waals surface area contributed by atoms with Crippen molar-refractivity contribution in [1.82, 2.24) is 15.3 Å². The number of pyridine rings is 2. The standard InChI is InChI=1S/C31H27N3O/c1-22(24-10-4-2-5-11-24)33-31(35)29-26-14-8-9-15-28(26)34-30(25-12-6-3-7-13-25)27(29)17-16-23-18-20-32-21-19-23/h2-15,18-22H,16-17H2,1H3,(H,33,35). The monoisotopic (exact) mass is 457 g/mol. The fourth-order valence-corrected chi connectivity index (χ4v) is 4.50. The summed E-state index contributed by atoms with van der Waals surface area (Å²) in [5.74, 6) is -0.0816. The topological polar surface area (TPSA) is 54.9 Å². The molecule has 2 heterocycles. The van der Waals surface area contributed by atoms with Crippen molar-refractivity contribution in [3.63, 3.8) is 0 Å². The zero-order chi connectivity index (χ0) is 24.0. The molecule has 0 saturated carbocycles. The van der Waals surface area contributed by atoms with Gasteiger partial charge in [0.1, 0.15) is 0 Å². The molecule has 0 radical (unpaired) electrons. The van der Waals surface area contributed by atoms with Gasteiger partial charge in [-0.3, -0.25) is 9.78 Å². The lowest BCUT2D eigenvalue weighted by Crippen LogP contribution is -2.28. The number of hydrogen-bond donors (Lipinski definition) is 1. The van der Waals surface area contributed by atoms with Gasteiger partial charge in [-0.15, -0.1) is 0 Å². The minimum atomic E-state index is -0.121. The number of carbonyl (C=O) groups excluding carboxylic acids is 1. The Kier molecular flexibility index (Phi) is 6.62. The molecule has 35 heavy (non-hydrogen) atoms. The van der Waals surface area contributed by atoms with E-state index in [2.05, 4.69) is 22.4 Å². The van der Waals surface area contributed by atoms with Crippen molar-refractivity contribution in [2.45, 2.75) is 25.8 Å². The quantitative estimate of drug-likeness (QED) is 0.301. The van der Waals surface area contributed by atoms with E-state index in [-0.39, 0.29) is 11.9 Å². The summed E-state index contributed by atoms with van der Waals surface area (Å²) in [5, 5.41) is 4.12. The first-order valence-corrected chi connectivity index (χ1v) is 11.9. The van der Waals surface area contributed by atoms with Crippen molar-refractivity contribution >= 4 is 16.8 Å². The molecule has 172 valence electrons. The second-order valence-electron chi connectivity index (χ2n) is 8.66. The minimum absolute atomic E-state index is 0.0816. The molecule has 0 aliphatic carbocycles. The molecule has 2 aromatic heterocycles. The highest BCUT2D eigenvalue weighted by molar-refractivity contribution is 6.09. The Balaban J connectivity index is 1.64. The molecule has 0 fully saturated rings. The van der Waals surface area contributed by atoms with Gasteiger partial charge in [0.25, 0.3) is 5.91 Å². The predicted molar refractivity (Wildman–Crippen MR) is 141 cm³/mol. The van der Waals surface area contributed by atoms with Crippen LogP contribution in [0, 0.1) is 0 Å². The SMILES string of the molecule is CC(NC(=O)c1c(CCc2ccncc2)c(-c2ccccc2)nc2ccccc12)c1ccccc1. The Hall–Kier alpha value is -4.31. The van der Waals surface area contributed by atoms with Gasteiger partial charge in [0.05, 0.1) is 22.8 Å². The van der Waals surface area contributed by atoms with Gasteiger partial charge in [-0.2, -0.15) is 0 Å². The fourth-order valence-electron chi connectivity index (χ4n) is 4.50. The lowest BCUT2D eigenvalue weighted by atomic mass is 9.91. The maximum Gasteiger partial charge on any atom is 0.252 e. The number of benzene rings is 3. The average molecular weight is 458 g/mol. The Morgan fingerprint density at radius 2 is 1.46 bits per heavy atom. The lowest BCUT2D eigenvalue weighted by Gasteiger charge is -2.20. The van der Waals surface area contributed by atoms with Crippen LogP contribution in [-0.2, 0) is 12.8 Å². The molecule has 1 N–H and O–H groups in total. The highest BCUT2D eigenvalue weighted by atomic mass is 16.1. The van der Waals surface area contributed by atoms with E-state index in [1.807, 2.05) is 91.9 Å². The Morgan fingerprint density at radius 3 is 2.20 bits per heavy atom. The third kappa shape index (κ3) is 4.97. The first-order valence-electron chi connectivity index (χ1n) is 11.9. The number of hydrogen-bond acceptors (Lipinski definition) is 3. The molecular formula is C31H27N3O. The largest absolute Gasteiger partial charge is 0.345 e. The molecule has 0 saturated heterocycles. The van der Waals surface area contributed by atoms with Gasteiger partial charge in [-0.1, -0.05) is 78.9 Å². The number of carbonyl (C=O) groups is 1. The average Bonchev–Trinajstić information content (AvgIpc) is 2.92. The van der Waals surface area contributed by atoms with Crippen LogP contribution in [-0.4, -0.2) is 15.9 Å². The first-order chi connectivity index (χ1) is 17.2. The molecular weight excluding hydrogens is 430 g/mol. The maximum atomic E-state index is 13.9. The molecule has 4 heteroatoms. The van der Waals surface area contributed by atoms with Crippen molar-refractivity contribution < 1.29 is 4.79 Å². The Bertz CT molecular complexity index is 1430. The molecule has 0 aliphatic rings. The summed E-state index contributed by atoms with van der Waals surface area (Å²) in [6.07, 6.45) is 5.09. The smallest absolute Gasteiger partial charge is 0.252 e. The number of nitrogens with one attached hydrogen (secondary N) is 1. The summed E-state index contributed by atoms with van der Waals surface area (Å²) >= 11 is 0. The summed E-state index contributed by atoms with van der Waals surface area (Å²) in [6.45, 7) is 2.02. The molecule has 0 spiro atoms. The van der Waals surface area contributed by atoms with Crippen LogP contribution < -0.4 is 5.32 Å². The van der Waals surface area contributed by atoms with E-state index < -0.39 is 0 Å². The molecule has 3 aromatic carbocycles. The first kappa shape index (κ1) is 22.5. The van der Waals surface area contributed by atoms with Gasteiger partial charge in [0.2, 0.25) is 0 Å². The highest BCUT2D eigenvalue weighted by Crippen LogP contribution is 2.32. The van der Waals surface area contributed by atoms with E-state index in [1.165, 1.54) is 5.56 Å². The number of amides is 1. The van der Waals surface area contributed by atoms with E-state index in [0.29, 0.717) is 12.0 Å². The maximum absolute atomic E-state index is 13.9. The predicted octanol–water partition coefficient (Wildman–Crippen LogP) is 6.57. The number of aromatic nitrogens is 2. The third-order valence-electron chi connectivity index (χ3n) is 6.33. The van der Waals surface area contributed by atoms with Crippen LogP contribution in [0.25, 0.3) is 22.2 Å². The van der Waals surface area contributed by atoms with Crippen LogP contribution in [0.2, 0.25) is 0 Å². The van der Waals surface area contributed by atoms with Crippen LogP contribution in [0.4, 0.5) is 0 Å². The number of nitrogens with zero attached hydrogens (tertiary/aromatic N) is 2. The summed E-state index contributed by atoms with van der Waals surface area (Å²) in [4.78, 5) is 23.1. The summed E-state index contributed by atoms with van der Waals surface area (Å²) in [7, 11) is 0. The minimum Gasteiger partial charge on any atom is -0.345 e. The van der Waals surface area contributed by atoms with E-state index >= 15 is 0 Å². The third-order valence-corrected chi connectivity index (χ3v) is 6.33. The molecule has 4 nitrogen and oxygen atoms in total. The van der Waals surface area contributed by atoms with Gasteiger partial charge in [-0.25, -0.2) is 4.98 Å². The number of aryl methyl sites for hydroxylation is 1. The molecule has 1 amide bonds. The molecule has 0 aliphatic heterocycles. The molecule has 0 bridgehead atoms. The van der Waals surface area contributed by atoms with Gasteiger partial charge in [-0.05, 0) is 54.7 Å². The van der Waals surface area contributed by atoms with Crippen LogP contribution in [0.1, 0.15) is 40.0 Å². The zero-order valence-electron chi connectivity index (χ0n) is 19.7. The number of fused-ring (bicyclic) bond motifs is 1. The summed E-state index contributed by atoms with van der Waals surface area (Å²) in [6, 6.07) is 32.0. The van der Waals surface area contributed by atoms with E-state index in [0.717, 1.165) is 39.7 Å². The Labute approximate surface area is 205 Å². The summed E-state index contributed by atoms with van der Waals surface area (Å²) in [5.41, 5.74) is 6.59. The van der Waals surface area contributed by atoms with E-state index in [1.54, 1.807) is 12.4 Å². The second-order valence-corrected chi connectivity index (χ2v) is 8.66. The number of para-hydroxylation sites is 1. The van der Waals surface area contributed by atoms with Gasteiger partial charge in [0.15, 0.2) is 0 Å². The van der Waals surface area contributed by atoms with Crippen molar-refractivity contribution in [2.24, 2.45) is 0 Å². The van der Waals surface area contributed by atoms with Crippen molar-refractivity contribution in [1.29, 1.82) is 0 Å². The second kappa shape index (κ2) is 10.3. The van der Waals surface area contributed by atoms with Gasteiger partial charge in [0, 0.05) is 23.3 Å². The molecule has 5 rings (SSSR count). The normalized spacial score (nSPS) is 11.8. The number of rotatable bonds is 7. The van der Waals surface area contributed by atoms with Crippen LogP contribution in [0.5, 0.6) is 0 Å². The highest BCUT2D eigenvalue weighted by Gasteiger charge is 2.23. The molecule has 5 aromatic rings. The Morgan fingerprint density at radius 1 is 0.800 bits per heavy atom. The van der Waals surface area contributed by atoms with E-state index in [9.17, 15) is 4.79 Å².